The minimum atomic E-state index is -4.52. The maximum absolute atomic E-state index is 15.2. The van der Waals surface area contributed by atoms with E-state index in [1.165, 1.54) is 43.0 Å². The number of ether oxygens (including phenoxy) is 1. The summed E-state index contributed by atoms with van der Waals surface area (Å²) in [6.45, 7) is 14.9. The molecule has 0 saturated heterocycles. The molecule has 2 aromatic carbocycles. The zero-order valence-corrected chi connectivity index (χ0v) is 45.1. The van der Waals surface area contributed by atoms with Gasteiger partial charge in [-0.3, -0.25) is 24.0 Å². The van der Waals surface area contributed by atoms with Crippen molar-refractivity contribution in [2.75, 3.05) is 21.1 Å². The number of para-hydroxylation sites is 1. The number of nitriles is 1. The Labute approximate surface area is 434 Å². The summed E-state index contributed by atoms with van der Waals surface area (Å²) >= 11 is 0. The van der Waals surface area contributed by atoms with Crippen molar-refractivity contribution in [1.29, 1.82) is 5.26 Å². The van der Waals surface area contributed by atoms with Gasteiger partial charge in [-0.2, -0.15) is 18.4 Å². The Kier molecular flexibility index (Phi) is 24.0. The van der Waals surface area contributed by atoms with Crippen LogP contribution in [0.1, 0.15) is 136 Å². The van der Waals surface area contributed by atoms with Crippen LogP contribution in [0.4, 0.5) is 13.2 Å². The van der Waals surface area contributed by atoms with Gasteiger partial charge in [-0.15, -0.1) is 0 Å². The number of carbonyl (C=O) groups excluding carboxylic acids is 6. The first-order valence-electron chi connectivity index (χ1n) is 25.8. The highest BCUT2D eigenvalue weighted by molar-refractivity contribution is 5.97. The highest BCUT2D eigenvalue weighted by Crippen LogP contribution is 2.32. The van der Waals surface area contributed by atoms with Crippen molar-refractivity contribution in [1.82, 2.24) is 19.3 Å². The second-order valence-electron chi connectivity index (χ2n) is 21.1. The van der Waals surface area contributed by atoms with Gasteiger partial charge in [0.05, 0.1) is 29.8 Å². The van der Waals surface area contributed by atoms with Crippen LogP contribution in [0.5, 0.6) is 0 Å². The number of carboxylic acids is 1. The third-order valence-corrected chi connectivity index (χ3v) is 13.6. The molecule has 0 radical (unpaired) electrons. The zero-order chi connectivity index (χ0) is 55.8. The SMILES string of the molecule is CCCC[C@H](N)C(=O)N(C)[C@@H](CC(C)C)C(=O)C[C@@H](CC(C)C)C(=O)N(C)[C@@H](Cc1cn(Cc2ccc(C(F)(F)F)cc2)c2ccccc12)C(=O)C[C@@H](CC(C)C)C(=O)N(C)[C@@H](C)C(=O)O[C@H](CCC#N)C(=O)O. The van der Waals surface area contributed by atoms with Gasteiger partial charge >= 0.3 is 18.1 Å². The van der Waals surface area contributed by atoms with E-state index in [0.29, 0.717) is 34.9 Å². The Morgan fingerprint density at radius 2 is 1.27 bits per heavy atom. The fourth-order valence-corrected chi connectivity index (χ4v) is 9.39. The van der Waals surface area contributed by atoms with E-state index in [2.05, 4.69) is 0 Å². The minimum absolute atomic E-state index is 0.00151. The molecule has 3 N–H and O–H groups in total. The summed E-state index contributed by atoms with van der Waals surface area (Å²) in [6, 6.07) is 9.74. The van der Waals surface area contributed by atoms with Crippen LogP contribution < -0.4 is 5.73 Å². The Morgan fingerprint density at radius 1 is 0.743 bits per heavy atom. The number of hydrogen-bond acceptors (Lipinski definition) is 10. The number of amides is 3. The van der Waals surface area contributed by atoms with Gasteiger partial charge in [-0.05, 0) is 79.7 Å². The van der Waals surface area contributed by atoms with Crippen molar-refractivity contribution in [2.45, 2.75) is 169 Å². The van der Waals surface area contributed by atoms with Crippen LogP contribution >= 0.6 is 0 Å². The van der Waals surface area contributed by atoms with Crippen LogP contribution in [-0.2, 0) is 57.4 Å². The van der Waals surface area contributed by atoms with Crippen molar-refractivity contribution in [3.63, 3.8) is 0 Å². The molecule has 0 spiro atoms. The lowest BCUT2D eigenvalue weighted by molar-refractivity contribution is -0.169. The molecule has 15 nitrogen and oxygen atoms in total. The molecule has 0 aliphatic rings. The number of nitrogens with zero attached hydrogens (tertiary/aromatic N) is 5. The van der Waals surface area contributed by atoms with Gasteiger partial charge < -0.3 is 34.8 Å². The molecule has 408 valence electrons. The normalized spacial score (nSPS) is 14.7. The lowest BCUT2D eigenvalue weighted by atomic mass is 9.85. The average molecular weight is 1040 g/mol. The first-order valence-corrected chi connectivity index (χ1v) is 25.8. The van der Waals surface area contributed by atoms with Crippen molar-refractivity contribution in [3.8, 4) is 6.07 Å². The molecule has 1 aromatic heterocycles. The molecule has 3 rings (SSSR count). The van der Waals surface area contributed by atoms with Crippen LogP contribution in [0.15, 0.2) is 54.7 Å². The molecular weight excluding hydrogens is 958 g/mol. The topological polar surface area (TPSA) is 213 Å². The number of fused-ring (bicyclic) bond motifs is 1. The molecule has 0 saturated carbocycles. The predicted molar refractivity (Wildman–Crippen MR) is 276 cm³/mol. The number of esters is 1. The number of alkyl halides is 3. The van der Waals surface area contributed by atoms with Crippen LogP contribution in [0, 0.1) is 40.9 Å². The van der Waals surface area contributed by atoms with E-state index in [4.69, 9.17) is 15.7 Å². The Bertz CT molecular complexity index is 2430. The molecule has 1 heterocycles. The third kappa shape index (κ3) is 17.8. The van der Waals surface area contributed by atoms with Gasteiger partial charge in [0, 0.05) is 88.7 Å². The monoisotopic (exact) mass is 1040 g/mol. The second kappa shape index (κ2) is 28.5. The highest BCUT2D eigenvalue weighted by atomic mass is 19.4. The maximum Gasteiger partial charge on any atom is 0.416 e. The first kappa shape index (κ1) is 62.2. The van der Waals surface area contributed by atoms with Gasteiger partial charge in [0.1, 0.15) is 6.04 Å². The molecule has 0 aliphatic heterocycles. The number of carboxylic acid groups (broad SMARTS) is 1. The van der Waals surface area contributed by atoms with Crippen molar-refractivity contribution in [3.05, 3.63) is 71.4 Å². The maximum atomic E-state index is 15.2. The Morgan fingerprint density at radius 3 is 1.78 bits per heavy atom. The van der Waals surface area contributed by atoms with E-state index in [-0.39, 0.29) is 80.9 Å². The van der Waals surface area contributed by atoms with E-state index in [0.717, 1.165) is 29.9 Å². The van der Waals surface area contributed by atoms with Crippen LogP contribution in [0.2, 0.25) is 0 Å². The number of benzene rings is 2. The fourth-order valence-electron chi connectivity index (χ4n) is 9.39. The number of rotatable bonds is 30. The quantitative estimate of drug-likeness (QED) is 0.0602. The van der Waals surface area contributed by atoms with Gasteiger partial charge in [-0.25, -0.2) is 9.59 Å². The highest BCUT2D eigenvalue weighted by Gasteiger charge is 2.40. The van der Waals surface area contributed by atoms with E-state index in [1.54, 1.807) is 25.4 Å². The lowest BCUT2D eigenvalue weighted by Gasteiger charge is -2.34. The smallest absolute Gasteiger partial charge is 0.416 e. The number of aromatic nitrogens is 1. The fraction of sp³-hybridized carbons (Fsp3) is 0.607. The standard InChI is InChI=1S/C56H79F3N6O9/c1-12-13-18-44(61)53(70)64(11)46(28-36(6)7)48(66)31-40(27-35(4)5)52(69)63(10)47(29-41-33-65(45-19-15-14-17-43(41)45)32-38-21-23-42(24-22-38)56(57,58)59)49(67)30-39(26-34(2)3)51(68)62(9)37(8)55(73)74-50(54(71)72)20-16-25-60/h14-15,17,19,21-24,33-37,39-40,44,46-47,50H,12-13,16,18,20,26-32,61H2,1-11H3,(H,71,72)/t37-,39+,40+,44-,46-,47-,50+/m0/s1. The van der Waals surface area contributed by atoms with E-state index in [9.17, 15) is 42.3 Å². The summed E-state index contributed by atoms with van der Waals surface area (Å²) < 4.78 is 47.5. The number of nitrogens with two attached hydrogens (primary N) is 1. The zero-order valence-electron chi connectivity index (χ0n) is 45.1. The number of likely N-dealkylation sites (N-methyl/N-ethyl adjacent to an activating group) is 3. The number of hydrogen-bond donors (Lipinski definition) is 2. The third-order valence-electron chi connectivity index (χ3n) is 13.6. The number of aliphatic carboxylic acids is 1. The van der Waals surface area contributed by atoms with Gasteiger partial charge in [0.2, 0.25) is 17.7 Å². The molecule has 0 unspecified atom stereocenters. The number of ketones is 2. The number of Topliss-reactive ketones (excluding diaryl/α,β-unsaturated/α-hetero) is 2. The van der Waals surface area contributed by atoms with Gasteiger partial charge in [0.15, 0.2) is 17.7 Å². The average Bonchev–Trinajstić information content (AvgIpc) is 3.68. The Hall–Kier alpha value is -6.09. The van der Waals surface area contributed by atoms with E-state index >= 15 is 9.59 Å². The van der Waals surface area contributed by atoms with Gasteiger partial charge in [-0.1, -0.05) is 91.6 Å². The van der Waals surface area contributed by atoms with Crippen LogP contribution in [-0.4, -0.2) is 117 Å². The van der Waals surface area contributed by atoms with Crippen LogP contribution in [0.3, 0.4) is 0 Å². The molecule has 0 aliphatic carbocycles. The van der Waals surface area contributed by atoms with E-state index in [1.807, 2.05) is 71.2 Å². The first-order chi connectivity index (χ1) is 34.6. The molecule has 18 heteroatoms. The van der Waals surface area contributed by atoms with Crippen molar-refractivity contribution >= 4 is 52.1 Å². The van der Waals surface area contributed by atoms with Crippen molar-refractivity contribution < 1.29 is 56.6 Å². The number of halogens is 3. The van der Waals surface area contributed by atoms with Crippen LogP contribution in [0.25, 0.3) is 10.9 Å². The summed E-state index contributed by atoms with van der Waals surface area (Å²) in [4.78, 5) is 102. The summed E-state index contributed by atoms with van der Waals surface area (Å²) in [5.41, 5.74) is 7.43. The molecule has 7 atom stereocenters. The van der Waals surface area contributed by atoms with E-state index < -0.39 is 83.4 Å². The number of carbonyl (C=O) groups is 7. The van der Waals surface area contributed by atoms with Gasteiger partial charge in [0.25, 0.3) is 0 Å². The Balaban J connectivity index is 2.15. The lowest BCUT2D eigenvalue weighted by Crippen LogP contribution is -2.51. The molecule has 3 aromatic rings. The molecule has 0 bridgehead atoms. The molecule has 3 amide bonds. The summed E-state index contributed by atoms with van der Waals surface area (Å²) in [5.74, 6) is -6.93. The summed E-state index contributed by atoms with van der Waals surface area (Å²) in [7, 11) is 4.40. The second-order valence-corrected chi connectivity index (χ2v) is 21.1. The summed E-state index contributed by atoms with van der Waals surface area (Å²) in [5, 5.41) is 19.3. The predicted octanol–water partition coefficient (Wildman–Crippen LogP) is 8.86. The largest absolute Gasteiger partial charge is 0.479 e. The van der Waals surface area contributed by atoms with Crippen molar-refractivity contribution in [2.24, 2.45) is 35.3 Å². The minimum Gasteiger partial charge on any atom is -0.479 e. The molecular formula is C56H79F3N6O9. The molecule has 0 fully saturated rings. The number of unbranched alkanes of at least 4 members (excludes halogenated alkanes) is 1. The molecule has 74 heavy (non-hydrogen) atoms. The summed E-state index contributed by atoms with van der Waals surface area (Å²) in [6.07, 6.45) is -2.68.